The lowest BCUT2D eigenvalue weighted by Crippen LogP contribution is -2.36. The van der Waals surface area contributed by atoms with Gasteiger partial charge in [0.1, 0.15) is 4.90 Å². The van der Waals surface area contributed by atoms with E-state index in [1.54, 1.807) is 0 Å². The molecule has 0 aliphatic heterocycles. The van der Waals surface area contributed by atoms with Crippen LogP contribution in [0, 0.1) is 0 Å². The average Bonchev–Trinajstić information content (AvgIpc) is 2.83. The van der Waals surface area contributed by atoms with Gasteiger partial charge in [-0.25, -0.2) is 8.42 Å². The Morgan fingerprint density at radius 2 is 1.31 bits per heavy atom. The van der Waals surface area contributed by atoms with Gasteiger partial charge in [-0.05, 0) is 34.3 Å². The molecule has 0 aromatic heterocycles. The molecular weight excluding hydrogens is 514 g/mol. The highest BCUT2D eigenvalue weighted by Gasteiger charge is 2.26. The molecule has 0 aliphatic rings. The van der Waals surface area contributed by atoms with Crippen LogP contribution in [-0.2, 0) is 29.6 Å². The zero-order chi connectivity index (χ0) is 26.8. The van der Waals surface area contributed by atoms with Crippen molar-refractivity contribution >= 4 is 43.7 Å². The molecule has 36 heavy (non-hydrogen) atoms. The Labute approximate surface area is 207 Å². The van der Waals surface area contributed by atoms with Gasteiger partial charge in [-0.3, -0.25) is 4.55 Å². The fourth-order valence-corrected chi connectivity index (χ4v) is 5.37. The molecule has 2 aromatic rings. The third-order valence-corrected chi connectivity index (χ3v) is 7.61. The molecule has 16 heteroatoms. The Morgan fingerprint density at radius 3 is 1.72 bits per heavy atom. The van der Waals surface area contributed by atoms with Crippen molar-refractivity contribution in [2.45, 2.75) is 9.79 Å². The Hall–Kier alpha value is -3.46. The first-order valence-electron chi connectivity index (χ1n) is 10.1. The molecule has 14 nitrogen and oxygen atoms in total. The van der Waals surface area contributed by atoms with Gasteiger partial charge >= 0.3 is 0 Å². The SMILES string of the molecule is COCCN(CCOC)S(=O)(=O)c1cc(N=[N+]=[N-])ccc1C=Cc1ccc(N=[N+]=[N-])cc1S(=O)(=O)O. The summed E-state index contributed by atoms with van der Waals surface area (Å²) in [7, 11) is -6.01. The lowest BCUT2D eigenvalue weighted by molar-refractivity contribution is 0.150. The van der Waals surface area contributed by atoms with Gasteiger partial charge in [0, 0.05) is 48.5 Å². The van der Waals surface area contributed by atoms with E-state index in [0.717, 1.165) is 10.4 Å². The summed E-state index contributed by atoms with van der Waals surface area (Å²) in [6, 6.07) is 7.56. The van der Waals surface area contributed by atoms with Gasteiger partial charge in [-0.2, -0.15) is 12.7 Å². The van der Waals surface area contributed by atoms with Crippen molar-refractivity contribution in [1.29, 1.82) is 0 Å². The summed E-state index contributed by atoms with van der Waals surface area (Å²) in [4.78, 5) is 4.51. The maximum absolute atomic E-state index is 13.5. The van der Waals surface area contributed by atoms with Crippen molar-refractivity contribution in [3.05, 3.63) is 68.4 Å². The highest BCUT2D eigenvalue weighted by molar-refractivity contribution is 7.89. The molecule has 0 heterocycles. The summed E-state index contributed by atoms with van der Waals surface area (Å²) >= 11 is 0. The van der Waals surface area contributed by atoms with E-state index in [0.29, 0.717) is 0 Å². The Kier molecular flexibility index (Phi) is 10.4. The molecule has 2 rings (SSSR count). The van der Waals surface area contributed by atoms with Gasteiger partial charge in [-0.1, -0.05) is 46.6 Å². The Bertz CT molecular complexity index is 1420. The maximum atomic E-state index is 13.5. The van der Waals surface area contributed by atoms with Crippen LogP contribution in [0.15, 0.2) is 56.4 Å². The van der Waals surface area contributed by atoms with Gasteiger partial charge < -0.3 is 9.47 Å². The normalized spacial score (nSPS) is 11.9. The minimum Gasteiger partial charge on any atom is -0.383 e. The number of methoxy groups -OCH3 is 2. The molecule has 0 unspecified atom stereocenters. The second-order valence-corrected chi connectivity index (χ2v) is 10.3. The van der Waals surface area contributed by atoms with Crippen LogP contribution >= 0.6 is 0 Å². The molecule has 0 amide bonds. The van der Waals surface area contributed by atoms with Crippen LogP contribution in [0.3, 0.4) is 0 Å². The number of nitrogens with zero attached hydrogens (tertiary/aromatic N) is 7. The largest absolute Gasteiger partial charge is 0.383 e. The summed E-state index contributed by atoms with van der Waals surface area (Å²) in [5, 5.41) is 6.79. The van der Waals surface area contributed by atoms with E-state index in [9.17, 15) is 21.4 Å². The van der Waals surface area contributed by atoms with E-state index < -0.39 is 25.0 Å². The average molecular weight is 538 g/mol. The number of benzene rings is 2. The standard InChI is InChI=1S/C20H23N7O7S2/c1-33-11-9-27(10-12-34-2)35(28,29)19-13-17(23-25-21)7-5-15(19)3-4-16-6-8-18(24-26-22)14-20(16)36(30,31)32/h3-8,13-14H,9-12H2,1-2H3,(H,30,31,32). The van der Waals surface area contributed by atoms with E-state index in [4.69, 9.17) is 20.5 Å². The van der Waals surface area contributed by atoms with E-state index in [2.05, 4.69) is 20.1 Å². The van der Waals surface area contributed by atoms with E-state index in [-0.39, 0.29) is 53.7 Å². The molecule has 0 saturated carbocycles. The van der Waals surface area contributed by atoms with Crippen LogP contribution in [0.5, 0.6) is 0 Å². The van der Waals surface area contributed by atoms with Crippen molar-refractivity contribution in [1.82, 2.24) is 4.31 Å². The smallest absolute Gasteiger partial charge is 0.295 e. The van der Waals surface area contributed by atoms with Crippen molar-refractivity contribution in [2.24, 2.45) is 10.2 Å². The molecule has 1 N–H and O–H groups in total. The molecule has 0 fully saturated rings. The van der Waals surface area contributed by atoms with Gasteiger partial charge in [-0.15, -0.1) is 0 Å². The molecule has 0 saturated heterocycles. The van der Waals surface area contributed by atoms with Crippen LogP contribution in [0.2, 0.25) is 0 Å². The van der Waals surface area contributed by atoms with E-state index >= 15 is 0 Å². The third-order valence-electron chi connectivity index (χ3n) is 4.74. The van der Waals surface area contributed by atoms with Crippen molar-refractivity contribution in [3.63, 3.8) is 0 Å². The van der Waals surface area contributed by atoms with Crippen LogP contribution in [0.1, 0.15) is 11.1 Å². The number of hydrogen-bond donors (Lipinski definition) is 1. The summed E-state index contributed by atoms with van der Waals surface area (Å²) in [5.74, 6) is 0. The fraction of sp³-hybridized carbons (Fsp3) is 0.300. The summed E-state index contributed by atoms with van der Waals surface area (Å²) in [6.07, 6.45) is 2.61. The van der Waals surface area contributed by atoms with Gasteiger partial charge in [0.15, 0.2) is 0 Å². The molecule has 0 bridgehead atoms. The highest BCUT2D eigenvalue weighted by atomic mass is 32.2. The lowest BCUT2D eigenvalue weighted by atomic mass is 10.1. The number of rotatable bonds is 13. The summed E-state index contributed by atoms with van der Waals surface area (Å²) < 4.78 is 71.6. The first-order chi connectivity index (χ1) is 17.1. The Balaban J connectivity index is 2.67. The van der Waals surface area contributed by atoms with E-state index in [1.807, 2.05) is 0 Å². The molecule has 0 radical (unpaired) electrons. The van der Waals surface area contributed by atoms with Crippen molar-refractivity contribution in [3.8, 4) is 0 Å². The third kappa shape index (κ3) is 7.52. The highest BCUT2D eigenvalue weighted by Crippen LogP contribution is 2.29. The number of ether oxygens (including phenoxy) is 2. The van der Waals surface area contributed by atoms with Crippen molar-refractivity contribution < 1.29 is 30.9 Å². The van der Waals surface area contributed by atoms with Crippen LogP contribution in [-0.4, -0.2) is 66.2 Å². The van der Waals surface area contributed by atoms with Crippen LogP contribution in [0.4, 0.5) is 11.4 Å². The summed E-state index contributed by atoms with van der Waals surface area (Å²) in [5.41, 5.74) is 17.5. The monoisotopic (exact) mass is 537 g/mol. The van der Waals surface area contributed by atoms with Gasteiger partial charge in [0.2, 0.25) is 10.0 Å². The predicted molar refractivity (Wildman–Crippen MR) is 132 cm³/mol. The maximum Gasteiger partial charge on any atom is 0.295 e. The zero-order valence-corrected chi connectivity index (χ0v) is 20.9. The molecule has 2 aromatic carbocycles. The van der Waals surface area contributed by atoms with Gasteiger partial charge in [0.05, 0.1) is 18.1 Å². The quantitative estimate of drug-likeness (QED) is 0.129. The molecular formula is C20H23N7O7S2. The second kappa shape index (κ2) is 13.0. The number of hydrogen-bond acceptors (Lipinski definition) is 8. The van der Waals surface area contributed by atoms with Crippen LogP contribution in [0.25, 0.3) is 33.0 Å². The first-order valence-corrected chi connectivity index (χ1v) is 13.0. The molecule has 0 aliphatic carbocycles. The zero-order valence-electron chi connectivity index (χ0n) is 19.3. The number of sulfonamides is 1. The topological polar surface area (TPSA) is 208 Å². The lowest BCUT2D eigenvalue weighted by Gasteiger charge is -2.23. The second-order valence-electron chi connectivity index (χ2n) is 7.02. The minimum atomic E-state index is -4.71. The molecule has 192 valence electrons. The van der Waals surface area contributed by atoms with Crippen molar-refractivity contribution in [2.75, 3.05) is 40.5 Å². The predicted octanol–water partition coefficient (Wildman–Crippen LogP) is 4.27. The first kappa shape index (κ1) is 28.8. The van der Waals surface area contributed by atoms with E-state index in [1.165, 1.54) is 56.7 Å². The molecule has 0 atom stereocenters. The Morgan fingerprint density at radius 1 is 0.861 bits per heavy atom. The summed E-state index contributed by atoms with van der Waals surface area (Å²) in [6.45, 7) is 0.258. The number of azide groups is 2. The fourth-order valence-electron chi connectivity index (χ4n) is 3.05. The van der Waals surface area contributed by atoms with Gasteiger partial charge in [0.25, 0.3) is 10.1 Å². The minimum absolute atomic E-state index is 0.00693. The van der Waals surface area contributed by atoms with Crippen LogP contribution < -0.4 is 0 Å². The molecule has 0 spiro atoms.